The molecule has 1 atom stereocenters. The van der Waals surface area contributed by atoms with Gasteiger partial charge >= 0.3 is 0 Å². The topological polar surface area (TPSA) is 72.6 Å². The number of ether oxygens (including phenoxy) is 1. The monoisotopic (exact) mass is 415 g/mol. The van der Waals surface area contributed by atoms with E-state index in [-0.39, 0.29) is 0 Å². The van der Waals surface area contributed by atoms with Crippen LogP contribution in [0.15, 0.2) is 42.7 Å². The summed E-state index contributed by atoms with van der Waals surface area (Å²) in [5.74, 6) is 1.80. The van der Waals surface area contributed by atoms with Crippen molar-refractivity contribution in [2.45, 2.75) is 32.2 Å². The number of carbonyl (C=O) groups is 1. The minimum Gasteiger partial charge on any atom is -0.497 e. The van der Waals surface area contributed by atoms with Gasteiger partial charge < -0.3 is 4.74 Å². The van der Waals surface area contributed by atoms with Crippen molar-refractivity contribution in [2.24, 2.45) is 0 Å². The Hall–Kier alpha value is -3.32. The van der Waals surface area contributed by atoms with Crippen LogP contribution in [0.2, 0.25) is 0 Å². The third-order valence-electron chi connectivity index (χ3n) is 6.20. The van der Waals surface area contributed by atoms with Crippen molar-refractivity contribution in [1.29, 1.82) is 0 Å². The molecular formula is C24H25N5O2. The number of aldehydes is 1. The molecular weight excluding hydrogens is 390 g/mol. The lowest BCUT2D eigenvalue weighted by Crippen LogP contribution is -2.35. The summed E-state index contributed by atoms with van der Waals surface area (Å²) < 4.78 is 7.18. The molecule has 1 aliphatic heterocycles. The van der Waals surface area contributed by atoms with Crippen LogP contribution in [0.4, 0.5) is 0 Å². The van der Waals surface area contributed by atoms with E-state index < -0.39 is 0 Å². The van der Waals surface area contributed by atoms with Crippen molar-refractivity contribution in [2.75, 3.05) is 20.2 Å². The molecule has 0 N–H and O–H groups in total. The van der Waals surface area contributed by atoms with Crippen LogP contribution in [0.5, 0.6) is 5.75 Å². The molecule has 158 valence electrons. The van der Waals surface area contributed by atoms with Crippen LogP contribution in [-0.4, -0.2) is 51.0 Å². The lowest BCUT2D eigenvalue weighted by molar-refractivity contribution is 0.112. The SMILES string of the molecule is COc1ccc2c(C=O)c(CN3CCCC(c4cc(C)nc5ncnn45)C3)ccc2c1. The summed E-state index contributed by atoms with van der Waals surface area (Å²) in [6.07, 6.45) is 4.75. The van der Waals surface area contributed by atoms with Crippen molar-refractivity contribution in [1.82, 2.24) is 24.5 Å². The summed E-state index contributed by atoms with van der Waals surface area (Å²) >= 11 is 0. The van der Waals surface area contributed by atoms with E-state index in [1.165, 1.54) is 0 Å². The molecule has 1 saturated heterocycles. The maximum Gasteiger partial charge on any atom is 0.252 e. The first kappa shape index (κ1) is 19.6. The predicted octanol–water partition coefficient (Wildman–Crippen LogP) is 3.79. The van der Waals surface area contributed by atoms with Gasteiger partial charge in [-0.05, 0) is 66.9 Å². The second-order valence-electron chi connectivity index (χ2n) is 8.21. The van der Waals surface area contributed by atoms with Gasteiger partial charge in [-0.15, -0.1) is 0 Å². The van der Waals surface area contributed by atoms with Gasteiger partial charge in [0.05, 0.1) is 12.8 Å². The number of benzene rings is 2. The Kier molecular flexibility index (Phi) is 5.11. The maximum absolute atomic E-state index is 12.0. The van der Waals surface area contributed by atoms with Crippen LogP contribution >= 0.6 is 0 Å². The third kappa shape index (κ3) is 3.65. The lowest BCUT2D eigenvalue weighted by atomic mass is 9.93. The number of aromatic nitrogens is 4. The van der Waals surface area contributed by atoms with Crippen LogP contribution < -0.4 is 4.74 Å². The molecule has 7 nitrogen and oxygen atoms in total. The van der Waals surface area contributed by atoms with Crippen molar-refractivity contribution in [3.05, 3.63) is 65.2 Å². The number of fused-ring (bicyclic) bond motifs is 2. The first-order chi connectivity index (χ1) is 15.2. The van der Waals surface area contributed by atoms with Gasteiger partial charge in [-0.25, -0.2) is 9.50 Å². The number of nitrogens with zero attached hydrogens (tertiary/aromatic N) is 5. The normalized spacial score (nSPS) is 17.3. The molecule has 1 unspecified atom stereocenters. The quantitative estimate of drug-likeness (QED) is 0.462. The molecule has 1 aliphatic rings. The molecule has 1 fully saturated rings. The Morgan fingerprint density at radius 2 is 2.13 bits per heavy atom. The molecule has 2 aromatic heterocycles. The zero-order valence-electron chi connectivity index (χ0n) is 17.8. The Balaban J connectivity index is 1.43. The molecule has 0 bridgehead atoms. The molecule has 0 spiro atoms. The average molecular weight is 415 g/mol. The highest BCUT2D eigenvalue weighted by molar-refractivity contribution is 6.00. The minimum absolute atomic E-state index is 0.351. The number of piperidine rings is 1. The second kappa shape index (κ2) is 8.07. The third-order valence-corrected chi connectivity index (χ3v) is 6.20. The zero-order chi connectivity index (χ0) is 21.4. The van der Waals surface area contributed by atoms with Crippen molar-refractivity contribution in [3.63, 3.8) is 0 Å². The Labute approximate surface area is 180 Å². The van der Waals surface area contributed by atoms with Crippen LogP contribution in [0.1, 0.15) is 46.1 Å². The molecule has 2 aromatic carbocycles. The highest BCUT2D eigenvalue weighted by Gasteiger charge is 2.25. The summed E-state index contributed by atoms with van der Waals surface area (Å²) in [6, 6.07) is 12.1. The molecule has 3 heterocycles. The van der Waals surface area contributed by atoms with Crippen molar-refractivity contribution < 1.29 is 9.53 Å². The zero-order valence-corrected chi connectivity index (χ0v) is 17.8. The average Bonchev–Trinajstić information content (AvgIpc) is 3.26. The van der Waals surface area contributed by atoms with E-state index in [0.29, 0.717) is 11.7 Å². The second-order valence-corrected chi connectivity index (χ2v) is 8.21. The number of methoxy groups -OCH3 is 1. The predicted molar refractivity (Wildman–Crippen MR) is 119 cm³/mol. The first-order valence-electron chi connectivity index (χ1n) is 10.6. The molecule has 4 aromatic rings. The molecule has 0 amide bonds. The van der Waals surface area contributed by atoms with E-state index in [1.54, 1.807) is 13.4 Å². The van der Waals surface area contributed by atoms with E-state index in [2.05, 4.69) is 38.2 Å². The molecule has 31 heavy (non-hydrogen) atoms. The highest BCUT2D eigenvalue weighted by atomic mass is 16.5. The van der Waals surface area contributed by atoms with Gasteiger partial charge in [0.15, 0.2) is 6.29 Å². The van der Waals surface area contributed by atoms with E-state index in [0.717, 1.165) is 77.8 Å². The molecule has 0 aliphatic carbocycles. The van der Waals surface area contributed by atoms with Crippen LogP contribution in [0.25, 0.3) is 16.6 Å². The van der Waals surface area contributed by atoms with E-state index in [9.17, 15) is 4.79 Å². The van der Waals surface area contributed by atoms with Crippen molar-refractivity contribution in [3.8, 4) is 5.75 Å². The maximum atomic E-state index is 12.0. The number of hydrogen-bond acceptors (Lipinski definition) is 6. The van der Waals surface area contributed by atoms with Gasteiger partial charge in [0.2, 0.25) is 0 Å². The van der Waals surface area contributed by atoms with Gasteiger partial charge in [0, 0.05) is 30.3 Å². The molecule has 0 radical (unpaired) electrons. The highest BCUT2D eigenvalue weighted by Crippen LogP contribution is 2.30. The lowest BCUT2D eigenvalue weighted by Gasteiger charge is -2.33. The number of rotatable bonds is 5. The summed E-state index contributed by atoms with van der Waals surface area (Å²) in [4.78, 5) is 23.2. The fourth-order valence-corrected chi connectivity index (χ4v) is 4.71. The van der Waals surface area contributed by atoms with Crippen molar-refractivity contribution >= 4 is 22.8 Å². The number of aryl methyl sites for hydroxylation is 1. The van der Waals surface area contributed by atoms with E-state index in [1.807, 2.05) is 29.6 Å². The number of likely N-dealkylation sites (tertiary alicyclic amines) is 1. The number of hydrogen-bond donors (Lipinski definition) is 0. The van der Waals surface area contributed by atoms with Gasteiger partial charge in [-0.3, -0.25) is 9.69 Å². The van der Waals surface area contributed by atoms with Gasteiger partial charge in [0.1, 0.15) is 12.1 Å². The fraction of sp³-hybridized carbons (Fsp3) is 0.333. The van der Waals surface area contributed by atoms with Crippen LogP contribution in [0, 0.1) is 6.92 Å². The summed E-state index contributed by atoms with van der Waals surface area (Å²) in [5, 5.41) is 6.37. The standard InChI is InChI=1S/C24H25N5O2/c1-16-10-23(29-24(27-16)25-15-26-29)19-4-3-9-28(13-19)12-18-6-5-17-11-20(31-2)7-8-21(17)22(18)14-30/h5-8,10-11,14-15,19H,3-4,9,12-13H2,1-2H3. The Bertz CT molecular complexity index is 1270. The molecule has 7 heteroatoms. The molecule has 0 saturated carbocycles. The summed E-state index contributed by atoms with van der Waals surface area (Å²) in [6.45, 7) is 4.67. The Morgan fingerprint density at radius 3 is 2.97 bits per heavy atom. The van der Waals surface area contributed by atoms with Gasteiger partial charge in [0.25, 0.3) is 5.78 Å². The first-order valence-corrected chi connectivity index (χ1v) is 10.6. The van der Waals surface area contributed by atoms with Crippen LogP contribution in [-0.2, 0) is 6.54 Å². The van der Waals surface area contributed by atoms with Gasteiger partial charge in [-0.2, -0.15) is 10.1 Å². The summed E-state index contributed by atoms with van der Waals surface area (Å²) in [5.41, 5.74) is 3.94. The fourth-order valence-electron chi connectivity index (χ4n) is 4.71. The Morgan fingerprint density at radius 1 is 1.23 bits per heavy atom. The number of carbonyl (C=O) groups excluding carboxylic acids is 1. The van der Waals surface area contributed by atoms with E-state index >= 15 is 0 Å². The summed E-state index contributed by atoms with van der Waals surface area (Å²) in [7, 11) is 1.65. The van der Waals surface area contributed by atoms with Gasteiger partial charge in [-0.1, -0.05) is 12.1 Å². The van der Waals surface area contributed by atoms with Crippen LogP contribution in [0.3, 0.4) is 0 Å². The minimum atomic E-state index is 0.351. The van der Waals surface area contributed by atoms with E-state index in [4.69, 9.17) is 4.74 Å². The smallest absolute Gasteiger partial charge is 0.252 e. The molecule has 5 rings (SSSR count). The largest absolute Gasteiger partial charge is 0.497 e.